The van der Waals surface area contributed by atoms with E-state index in [2.05, 4.69) is 0 Å². The third-order valence-corrected chi connectivity index (χ3v) is 2.68. The Balaban J connectivity index is 1.84. The minimum absolute atomic E-state index is 0.207. The van der Waals surface area contributed by atoms with Gasteiger partial charge in [-0.3, -0.25) is 4.89 Å². The average Bonchev–Trinajstić information content (AvgIpc) is 2.49. The van der Waals surface area contributed by atoms with Crippen LogP contribution in [0, 0.1) is 11.3 Å². The lowest BCUT2D eigenvalue weighted by atomic mass is 10.1. The van der Waals surface area contributed by atoms with Gasteiger partial charge in [-0.05, 0) is 23.3 Å². The average molecular weight is 267 g/mol. The van der Waals surface area contributed by atoms with Crippen molar-refractivity contribution in [3.63, 3.8) is 0 Å². The van der Waals surface area contributed by atoms with E-state index in [0.29, 0.717) is 12.0 Å². The van der Waals surface area contributed by atoms with E-state index in [4.69, 9.17) is 15.0 Å². The molecule has 0 aliphatic heterocycles. The standard InChI is InChI=1S/C16H13NO3/c17-11-10-13-6-8-15(9-7-13)16(18)20-19-12-14-4-2-1-3-5-14/h1-9H,10,12H2. The summed E-state index contributed by atoms with van der Waals surface area (Å²) in [5.74, 6) is -0.551. The van der Waals surface area contributed by atoms with Gasteiger partial charge in [0, 0.05) is 0 Å². The van der Waals surface area contributed by atoms with E-state index in [1.165, 1.54) is 0 Å². The highest BCUT2D eigenvalue weighted by Gasteiger charge is 2.08. The van der Waals surface area contributed by atoms with Crippen molar-refractivity contribution in [3.05, 3.63) is 71.3 Å². The summed E-state index contributed by atoms with van der Waals surface area (Å²) in [6.45, 7) is 0.207. The van der Waals surface area contributed by atoms with Crippen LogP contribution in [-0.2, 0) is 22.8 Å². The maximum atomic E-state index is 11.7. The highest BCUT2D eigenvalue weighted by molar-refractivity contribution is 5.88. The molecule has 0 aliphatic carbocycles. The second-order valence-electron chi connectivity index (χ2n) is 4.15. The molecular formula is C16H13NO3. The van der Waals surface area contributed by atoms with E-state index in [0.717, 1.165) is 11.1 Å². The molecule has 0 atom stereocenters. The van der Waals surface area contributed by atoms with E-state index < -0.39 is 5.97 Å². The monoisotopic (exact) mass is 267 g/mol. The Bertz CT molecular complexity index is 600. The largest absolute Gasteiger partial charge is 0.373 e. The molecule has 0 spiro atoms. The van der Waals surface area contributed by atoms with Crippen LogP contribution in [-0.4, -0.2) is 5.97 Å². The summed E-state index contributed by atoms with van der Waals surface area (Å²) < 4.78 is 0. The zero-order valence-corrected chi connectivity index (χ0v) is 10.8. The molecule has 0 fully saturated rings. The Labute approximate surface area is 117 Å². The number of carbonyl (C=O) groups excluding carboxylic acids is 1. The zero-order chi connectivity index (χ0) is 14.2. The molecule has 100 valence electrons. The summed E-state index contributed by atoms with van der Waals surface area (Å²) in [5.41, 5.74) is 2.17. The summed E-state index contributed by atoms with van der Waals surface area (Å²) in [4.78, 5) is 21.3. The first-order chi connectivity index (χ1) is 9.79. The molecule has 0 saturated carbocycles. The van der Waals surface area contributed by atoms with Gasteiger partial charge >= 0.3 is 5.97 Å². The topological polar surface area (TPSA) is 59.3 Å². The van der Waals surface area contributed by atoms with Gasteiger partial charge in [-0.1, -0.05) is 42.5 Å². The second-order valence-corrected chi connectivity index (χ2v) is 4.15. The Morgan fingerprint density at radius 2 is 1.70 bits per heavy atom. The van der Waals surface area contributed by atoms with Crippen LogP contribution in [0.4, 0.5) is 0 Å². The van der Waals surface area contributed by atoms with Crippen LogP contribution < -0.4 is 0 Å². The molecule has 4 heteroatoms. The number of nitrogens with zero attached hydrogens (tertiary/aromatic N) is 1. The molecule has 0 radical (unpaired) electrons. The molecule has 0 aliphatic rings. The molecule has 2 aromatic carbocycles. The fourth-order valence-corrected chi connectivity index (χ4v) is 1.62. The van der Waals surface area contributed by atoms with Gasteiger partial charge in [0.15, 0.2) is 0 Å². The Morgan fingerprint density at radius 3 is 2.35 bits per heavy atom. The van der Waals surface area contributed by atoms with Gasteiger partial charge in [-0.2, -0.15) is 10.1 Å². The lowest BCUT2D eigenvalue weighted by Gasteiger charge is -2.04. The van der Waals surface area contributed by atoms with Gasteiger partial charge in [0.25, 0.3) is 0 Å². The lowest BCUT2D eigenvalue weighted by Crippen LogP contribution is -2.06. The molecule has 20 heavy (non-hydrogen) atoms. The number of benzene rings is 2. The van der Waals surface area contributed by atoms with E-state index in [9.17, 15) is 4.79 Å². The summed E-state index contributed by atoms with van der Waals surface area (Å²) >= 11 is 0. The molecule has 0 N–H and O–H groups in total. The number of hydrogen-bond acceptors (Lipinski definition) is 4. The smallest absolute Gasteiger partial charge is 0.292 e. The van der Waals surface area contributed by atoms with E-state index in [1.807, 2.05) is 36.4 Å². The molecule has 2 aromatic rings. The quantitative estimate of drug-likeness (QED) is 0.617. The molecular weight excluding hydrogens is 254 g/mol. The van der Waals surface area contributed by atoms with Crippen LogP contribution in [0.15, 0.2) is 54.6 Å². The maximum Gasteiger partial charge on any atom is 0.373 e. The van der Waals surface area contributed by atoms with Crippen molar-refractivity contribution in [1.82, 2.24) is 0 Å². The Kier molecular flexibility index (Phi) is 4.87. The molecule has 0 unspecified atom stereocenters. The van der Waals surface area contributed by atoms with E-state index in [-0.39, 0.29) is 6.61 Å². The molecule has 0 heterocycles. The first-order valence-corrected chi connectivity index (χ1v) is 6.13. The molecule has 0 bridgehead atoms. The van der Waals surface area contributed by atoms with Crippen molar-refractivity contribution in [2.24, 2.45) is 0 Å². The number of nitriles is 1. The Hall–Kier alpha value is -2.64. The SMILES string of the molecule is N#CCc1ccc(C(=O)OOCc2ccccc2)cc1. The molecule has 2 rings (SSSR count). The van der Waals surface area contributed by atoms with Crippen LogP contribution in [0.5, 0.6) is 0 Å². The van der Waals surface area contributed by atoms with Crippen molar-refractivity contribution in [2.75, 3.05) is 0 Å². The number of hydrogen-bond donors (Lipinski definition) is 0. The maximum absolute atomic E-state index is 11.7. The van der Waals surface area contributed by atoms with Crippen LogP contribution >= 0.6 is 0 Å². The lowest BCUT2D eigenvalue weighted by molar-refractivity contribution is -0.250. The van der Waals surface area contributed by atoms with Crippen molar-refractivity contribution < 1.29 is 14.6 Å². The van der Waals surface area contributed by atoms with Gasteiger partial charge in [-0.15, -0.1) is 0 Å². The zero-order valence-electron chi connectivity index (χ0n) is 10.8. The minimum atomic E-state index is -0.551. The van der Waals surface area contributed by atoms with Gasteiger partial charge in [-0.25, -0.2) is 4.79 Å². The summed E-state index contributed by atoms with van der Waals surface area (Å²) in [7, 11) is 0. The summed E-state index contributed by atoms with van der Waals surface area (Å²) in [6.07, 6.45) is 0.319. The first-order valence-electron chi connectivity index (χ1n) is 6.13. The van der Waals surface area contributed by atoms with E-state index >= 15 is 0 Å². The fraction of sp³-hybridized carbons (Fsp3) is 0.125. The van der Waals surface area contributed by atoms with Crippen LogP contribution in [0.3, 0.4) is 0 Å². The minimum Gasteiger partial charge on any atom is -0.292 e. The molecule has 0 amide bonds. The van der Waals surface area contributed by atoms with Gasteiger partial charge in [0.2, 0.25) is 0 Å². The van der Waals surface area contributed by atoms with Gasteiger partial charge < -0.3 is 0 Å². The van der Waals surface area contributed by atoms with Crippen LogP contribution in [0.2, 0.25) is 0 Å². The molecule has 0 saturated heterocycles. The van der Waals surface area contributed by atoms with Crippen molar-refractivity contribution in [3.8, 4) is 6.07 Å². The predicted molar refractivity (Wildman–Crippen MR) is 72.4 cm³/mol. The molecule has 4 nitrogen and oxygen atoms in total. The third-order valence-electron chi connectivity index (χ3n) is 2.68. The fourth-order valence-electron chi connectivity index (χ4n) is 1.62. The first kappa shape index (κ1) is 13.8. The number of carbonyl (C=O) groups is 1. The summed E-state index contributed by atoms with van der Waals surface area (Å²) in [6, 6.07) is 18.1. The van der Waals surface area contributed by atoms with Crippen LogP contribution in [0.25, 0.3) is 0 Å². The van der Waals surface area contributed by atoms with E-state index in [1.54, 1.807) is 24.3 Å². The number of rotatable bonds is 5. The van der Waals surface area contributed by atoms with Gasteiger partial charge in [0.05, 0.1) is 18.1 Å². The van der Waals surface area contributed by atoms with Gasteiger partial charge in [0.1, 0.15) is 6.61 Å². The van der Waals surface area contributed by atoms with Crippen molar-refractivity contribution in [1.29, 1.82) is 5.26 Å². The molecule has 0 aromatic heterocycles. The normalized spacial score (nSPS) is 9.75. The third kappa shape index (κ3) is 3.94. The predicted octanol–water partition coefficient (Wildman–Crippen LogP) is 3.04. The highest BCUT2D eigenvalue weighted by atomic mass is 17.2. The Morgan fingerprint density at radius 1 is 1.00 bits per heavy atom. The van der Waals surface area contributed by atoms with Crippen LogP contribution in [0.1, 0.15) is 21.5 Å². The van der Waals surface area contributed by atoms with Crippen molar-refractivity contribution in [2.45, 2.75) is 13.0 Å². The summed E-state index contributed by atoms with van der Waals surface area (Å²) in [5, 5.41) is 8.56. The highest BCUT2D eigenvalue weighted by Crippen LogP contribution is 2.08. The van der Waals surface area contributed by atoms with Crippen molar-refractivity contribution >= 4 is 5.97 Å². The second kappa shape index (κ2) is 7.07.